The molecule has 2 fully saturated rings. The number of nitrogens with zero attached hydrogens (tertiary/aromatic N) is 2. The molecule has 0 amide bonds. The van der Waals surface area contributed by atoms with Crippen molar-refractivity contribution in [2.45, 2.75) is 38.5 Å². The average molecular weight is 419 g/mol. The smallest absolute Gasteiger partial charge is 0.193 e. The van der Waals surface area contributed by atoms with E-state index in [2.05, 4.69) is 39.6 Å². The zero-order valence-electron chi connectivity index (χ0n) is 13.0. The Balaban J connectivity index is 0.00000161. The molecule has 0 aromatic carbocycles. The van der Waals surface area contributed by atoms with Crippen LogP contribution in [0.2, 0.25) is 0 Å². The lowest BCUT2D eigenvalue weighted by molar-refractivity contribution is 0.151. The molecule has 1 aromatic rings. The first-order valence-corrected chi connectivity index (χ1v) is 8.59. The summed E-state index contributed by atoms with van der Waals surface area (Å²) in [5.74, 6) is 1.64. The van der Waals surface area contributed by atoms with E-state index in [1.165, 1.54) is 43.6 Å². The van der Waals surface area contributed by atoms with Crippen molar-refractivity contribution in [3.63, 3.8) is 0 Å². The lowest BCUT2D eigenvalue weighted by atomic mass is 9.68. The minimum atomic E-state index is 0. The maximum Gasteiger partial charge on any atom is 0.193 e. The molecule has 1 aliphatic heterocycles. The molecule has 1 aliphatic carbocycles. The maximum atomic E-state index is 4.48. The molecule has 2 aliphatic rings. The minimum Gasteiger partial charge on any atom is -0.356 e. The molecule has 3 nitrogen and oxygen atoms in total. The van der Waals surface area contributed by atoms with Gasteiger partial charge in [0, 0.05) is 37.5 Å². The fraction of sp³-hybridized carbons (Fsp3) is 0.688. The molecule has 1 spiro atoms. The zero-order chi connectivity index (χ0) is 14.0. The van der Waals surface area contributed by atoms with E-state index in [1.807, 2.05) is 18.4 Å². The van der Waals surface area contributed by atoms with Crippen molar-refractivity contribution < 1.29 is 0 Å². The van der Waals surface area contributed by atoms with E-state index >= 15 is 0 Å². The lowest BCUT2D eigenvalue weighted by Gasteiger charge is -2.38. The molecule has 1 N–H and O–H groups in total. The molecular weight excluding hydrogens is 393 g/mol. The Kier molecular flexibility index (Phi) is 5.94. The third-order valence-electron chi connectivity index (χ3n) is 4.96. The van der Waals surface area contributed by atoms with Gasteiger partial charge in [0.25, 0.3) is 0 Å². The van der Waals surface area contributed by atoms with Crippen LogP contribution < -0.4 is 5.32 Å². The molecular formula is C16H26IN3S. The highest BCUT2D eigenvalue weighted by atomic mass is 127. The predicted octanol–water partition coefficient (Wildman–Crippen LogP) is 3.92. The second-order valence-corrected chi connectivity index (χ2v) is 7.35. The average Bonchev–Trinajstić information content (AvgIpc) is 3.08. The van der Waals surface area contributed by atoms with E-state index in [9.17, 15) is 0 Å². The number of rotatable bonds is 3. The standard InChI is InChI=1S/C16H25N3S.HI/c1-13(14-5-3-10-20-14)11-18-15(17-2)19-9-8-16(12-19)6-4-7-16;/h3,5,10,13H,4,6-9,11-12H2,1-2H3,(H,17,18);1H. The fourth-order valence-electron chi connectivity index (χ4n) is 3.45. The molecule has 5 heteroatoms. The number of likely N-dealkylation sites (tertiary alicyclic amines) is 1. The highest BCUT2D eigenvalue weighted by molar-refractivity contribution is 14.0. The van der Waals surface area contributed by atoms with E-state index in [1.54, 1.807) is 0 Å². The monoisotopic (exact) mass is 419 g/mol. The van der Waals surface area contributed by atoms with Gasteiger partial charge in [0.05, 0.1) is 0 Å². The molecule has 2 heterocycles. The Hall–Kier alpha value is -0.300. The number of halogens is 1. The number of nitrogens with one attached hydrogen (secondary N) is 1. The van der Waals surface area contributed by atoms with Crippen molar-refractivity contribution in [1.29, 1.82) is 0 Å². The number of thiophene rings is 1. The largest absolute Gasteiger partial charge is 0.356 e. The summed E-state index contributed by atoms with van der Waals surface area (Å²) in [7, 11) is 1.91. The Morgan fingerprint density at radius 3 is 2.81 bits per heavy atom. The van der Waals surface area contributed by atoms with Gasteiger partial charge in [-0.15, -0.1) is 35.3 Å². The van der Waals surface area contributed by atoms with E-state index in [0.29, 0.717) is 11.3 Å². The van der Waals surface area contributed by atoms with Crippen LogP contribution in [0.25, 0.3) is 0 Å². The van der Waals surface area contributed by atoms with Crippen molar-refractivity contribution in [3.05, 3.63) is 22.4 Å². The molecule has 0 bridgehead atoms. The zero-order valence-corrected chi connectivity index (χ0v) is 16.1. The summed E-state index contributed by atoms with van der Waals surface area (Å²) in [6.07, 6.45) is 5.63. The van der Waals surface area contributed by atoms with Crippen LogP contribution in [0.1, 0.15) is 43.4 Å². The van der Waals surface area contributed by atoms with Crippen LogP contribution in [0.3, 0.4) is 0 Å². The second kappa shape index (κ2) is 7.31. The van der Waals surface area contributed by atoms with Crippen molar-refractivity contribution in [1.82, 2.24) is 10.2 Å². The number of hydrogen-bond acceptors (Lipinski definition) is 2. The van der Waals surface area contributed by atoms with Crippen LogP contribution in [0, 0.1) is 5.41 Å². The molecule has 0 radical (unpaired) electrons. The van der Waals surface area contributed by atoms with Gasteiger partial charge in [-0.1, -0.05) is 19.4 Å². The summed E-state index contributed by atoms with van der Waals surface area (Å²) in [4.78, 5) is 8.39. The van der Waals surface area contributed by atoms with Crippen molar-refractivity contribution in [3.8, 4) is 0 Å². The minimum absolute atomic E-state index is 0. The van der Waals surface area contributed by atoms with Crippen molar-refractivity contribution in [2.24, 2.45) is 10.4 Å². The van der Waals surface area contributed by atoms with Crippen LogP contribution in [-0.4, -0.2) is 37.5 Å². The summed E-state index contributed by atoms with van der Waals surface area (Å²) in [5, 5.41) is 5.72. The third-order valence-corrected chi connectivity index (χ3v) is 6.06. The van der Waals surface area contributed by atoms with Crippen LogP contribution in [0.5, 0.6) is 0 Å². The quantitative estimate of drug-likeness (QED) is 0.457. The fourth-order valence-corrected chi connectivity index (χ4v) is 4.24. The first-order valence-electron chi connectivity index (χ1n) is 7.71. The molecule has 3 rings (SSSR count). The topological polar surface area (TPSA) is 27.6 Å². The highest BCUT2D eigenvalue weighted by Crippen LogP contribution is 2.47. The first-order chi connectivity index (χ1) is 9.72. The summed E-state index contributed by atoms with van der Waals surface area (Å²) in [6, 6.07) is 4.35. The van der Waals surface area contributed by atoms with E-state index in [4.69, 9.17) is 0 Å². The predicted molar refractivity (Wildman–Crippen MR) is 102 cm³/mol. The van der Waals surface area contributed by atoms with E-state index < -0.39 is 0 Å². The van der Waals surface area contributed by atoms with Gasteiger partial charge >= 0.3 is 0 Å². The normalized spacial score (nSPS) is 21.8. The van der Waals surface area contributed by atoms with Crippen LogP contribution >= 0.6 is 35.3 Å². The molecule has 118 valence electrons. The highest BCUT2D eigenvalue weighted by Gasteiger charge is 2.43. The van der Waals surface area contributed by atoms with E-state index in [0.717, 1.165) is 12.5 Å². The van der Waals surface area contributed by atoms with Crippen molar-refractivity contribution >= 4 is 41.3 Å². The SMILES string of the molecule is CN=C(NCC(C)c1cccs1)N1CCC2(CCC2)C1.I. The summed E-state index contributed by atoms with van der Waals surface area (Å²) >= 11 is 1.84. The Labute approximate surface area is 149 Å². The molecule has 1 unspecified atom stereocenters. The van der Waals surface area contributed by atoms with Gasteiger partial charge in [-0.05, 0) is 36.1 Å². The first kappa shape index (κ1) is 17.1. The third kappa shape index (κ3) is 3.73. The van der Waals surface area contributed by atoms with Gasteiger partial charge in [0.15, 0.2) is 5.96 Å². The Morgan fingerprint density at radius 1 is 1.48 bits per heavy atom. The Bertz CT molecular complexity index is 468. The number of hydrogen-bond donors (Lipinski definition) is 1. The van der Waals surface area contributed by atoms with Crippen LogP contribution in [0.4, 0.5) is 0 Å². The summed E-state index contributed by atoms with van der Waals surface area (Å²) in [6.45, 7) is 5.63. The molecule has 21 heavy (non-hydrogen) atoms. The number of aliphatic imine (C=N–C) groups is 1. The van der Waals surface area contributed by atoms with Crippen LogP contribution in [-0.2, 0) is 0 Å². The van der Waals surface area contributed by atoms with Gasteiger partial charge in [0.1, 0.15) is 0 Å². The van der Waals surface area contributed by atoms with E-state index in [-0.39, 0.29) is 24.0 Å². The number of guanidine groups is 1. The Morgan fingerprint density at radius 2 is 2.29 bits per heavy atom. The van der Waals surface area contributed by atoms with Gasteiger partial charge < -0.3 is 10.2 Å². The van der Waals surface area contributed by atoms with Gasteiger partial charge in [-0.25, -0.2) is 0 Å². The van der Waals surface area contributed by atoms with Crippen LogP contribution in [0.15, 0.2) is 22.5 Å². The van der Waals surface area contributed by atoms with Gasteiger partial charge in [0.2, 0.25) is 0 Å². The molecule has 1 atom stereocenters. The van der Waals surface area contributed by atoms with Gasteiger partial charge in [-0.2, -0.15) is 0 Å². The second-order valence-electron chi connectivity index (χ2n) is 6.37. The summed E-state index contributed by atoms with van der Waals surface area (Å²) in [5.41, 5.74) is 0.636. The maximum absolute atomic E-state index is 4.48. The molecule has 1 saturated carbocycles. The van der Waals surface area contributed by atoms with Crippen molar-refractivity contribution in [2.75, 3.05) is 26.7 Å². The molecule has 1 aromatic heterocycles. The molecule has 1 saturated heterocycles. The lowest BCUT2D eigenvalue weighted by Crippen LogP contribution is -2.43. The van der Waals surface area contributed by atoms with Gasteiger partial charge in [-0.3, -0.25) is 4.99 Å². The summed E-state index contributed by atoms with van der Waals surface area (Å²) < 4.78 is 0.